The maximum atomic E-state index is 12.7. The molecule has 0 atom stereocenters. The zero-order chi connectivity index (χ0) is 21.9. The van der Waals surface area contributed by atoms with Gasteiger partial charge in [-0.2, -0.15) is 15.1 Å². The number of anilines is 2. The van der Waals surface area contributed by atoms with Crippen LogP contribution >= 0.6 is 15.9 Å². The maximum Gasteiger partial charge on any atom is 0.321 e. The molecule has 3 aromatic rings. The molecule has 158 valence electrons. The summed E-state index contributed by atoms with van der Waals surface area (Å²) in [5.41, 5.74) is 0.748. The maximum absolute atomic E-state index is 12.7. The van der Waals surface area contributed by atoms with Crippen molar-refractivity contribution in [2.75, 3.05) is 24.3 Å². The summed E-state index contributed by atoms with van der Waals surface area (Å²) in [5, 5.41) is 6.67. The van der Waals surface area contributed by atoms with Gasteiger partial charge in [-0.1, -0.05) is 0 Å². The second-order valence-electron chi connectivity index (χ2n) is 5.83. The average molecular weight is 497 g/mol. The van der Waals surface area contributed by atoms with Crippen LogP contribution in [0.3, 0.4) is 0 Å². The van der Waals surface area contributed by atoms with Crippen LogP contribution in [0.4, 0.5) is 11.5 Å². The molecule has 2 aromatic heterocycles. The molecule has 0 aliphatic rings. The Morgan fingerprint density at radius 1 is 1.13 bits per heavy atom. The lowest BCUT2D eigenvalue weighted by molar-refractivity contribution is 0.101. The number of hydrogen-bond acceptors (Lipinski definition) is 8. The second kappa shape index (κ2) is 8.67. The zero-order valence-electron chi connectivity index (χ0n) is 16.1. The molecule has 13 heteroatoms. The van der Waals surface area contributed by atoms with E-state index in [4.69, 9.17) is 9.47 Å². The quantitative estimate of drug-likeness (QED) is 0.506. The third kappa shape index (κ3) is 4.68. The van der Waals surface area contributed by atoms with E-state index in [1.807, 2.05) is 0 Å². The Morgan fingerprint density at radius 2 is 1.83 bits per heavy atom. The van der Waals surface area contributed by atoms with Crippen molar-refractivity contribution in [1.29, 1.82) is 0 Å². The number of nitrogens with zero attached hydrogens (tertiary/aromatic N) is 4. The first-order valence-electron chi connectivity index (χ1n) is 8.32. The van der Waals surface area contributed by atoms with E-state index < -0.39 is 15.9 Å². The summed E-state index contributed by atoms with van der Waals surface area (Å²) in [6, 6.07) is 6.92. The van der Waals surface area contributed by atoms with Crippen molar-refractivity contribution >= 4 is 43.4 Å². The highest BCUT2D eigenvalue weighted by atomic mass is 79.9. The van der Waals surface area contributed by atoms with Crippen molar-refractivity contribution in [3.05, 3.63) is 46.7 Å². The van der Waals surface area contributed by atoms with Crippen molar-refractivity contribution in [2.24, 2.45) is 7.05 Å². The lowest BCUT2D eigenvalue weighted by atomic mass is 10.3. The van der Waals surface area contributed by atoms with Crippen LogP contribution in [0.1, 0.15) is 10.5 Å². The average Bonchev–Trinajstić information content (AvgIpc) is 3.05. The van der Waals surface area contributed by atoms with Crippen molar-refractivity contribution in [3.63, 3.8) is 0 Å². The molecule has 3 rings (SSSR count). The van der Waals surface area contributed by atoms with E-state index in [0.29, 0.717) is 15.9 Å². The Labute approximate surface area is 180 Å². The number of aromatic nitrogens is 4. The van der Waals surface area contributed by atoms with Crippen LogP contribution in [-0.2, 0) is 17.1 Å². The zero-order valence-corrected chi connectivity index (χ0v) is 18.5. The molecule has 30 heavy (non-hydrogen) atoms. The highest BCUT2D eigenvalue weighted by Crippen LogP contribution is 2.22. The fourth-order valence-electron chi connectivity index (χ4n) is 2.42. The molecule has 0 fully saturated rings. The number of carbonyl (C=O) groups is 1. The summed E-state index contributed by atoms with van der Waals surface area (Å²) in [6.45, 7) is 0. The Morgan fingerprint density at radius 3 is 2.40 bits per heavy atom. The van der Waals surface area contributed by atoms with Gasteiger partial charge in [0.15, 0.2) is 5.82 Å². The monoisotopic (exact) mass is 496 g/mol. The van der Waals surface area contributed by atoms with E-state index in [1.54, 1.807) is 7.05 Å². The fraction of sp³-hybridized carbons (Fsp3) is 0.176. The number of amides is 1. The predicted octanol–water partition coefficient (Wildman–Crippen LogP) is 2.04. The van der Waals surface area contributed by atoms with Crippen molar-refractivity contribution in [1.82, 2.24) is 19.7 Å². The fourth-order valence-corrected chi connectivity index (χ4v) is 3.94. The molecule has 0 bridgehead atoms. The topological polar surface area (TPSA) is 137 Å². The minimum atomic E-state index is -3.95. The molecule has 1 amide bonds. The number of rotatable bonds is 7. The first kappa shape index (κ1) is 21.5. The molecular formula is C17H17BrN6O5S. The predicted molar refractivity (Wildman–Crippen MR) is 111 cm³/mol. The first-order valence-corrected chi connectivity index (χ1v) is 10.6. The molecule has 0 aliphatic heterocycles. The van der Waals surface area contributed by atoms with E-state index in [2.05, 4.69) is 41.0 Å². The van der Waals surface area contributed by atoms with Crippen molar-refractivity contribution in [2.45, 2.75) is 4.90 Å². The minimum absolute atomic E-state index is 0.0165. The van der Waals surface area contributed by atoms with E-state index in [-0.39, 0.29) is 22.6 Å². The number of methoxy groups -OCH3 is 2. The summed E-state index contributed by atoms with van der Waals surface area (Å²) < 4.78 is 39.5. The van der Waals surface area contributed by atoms with E-state index in [0.717, 1.165) is 0 Å². The van der Waals surface area contributed by atoms with Gasteiger partial charge in [0.1, 0.15) is 5.69 Å². The summed E-state index contributed by atoms with van der Waals surface area (Å²) in [7, 11) is 0.424. The number of ether oxygens (including phenoxy) is 2. The molecule has 0 radical (unpaired) electrons. The normalized spacial score (nSPS) is 11.1. The molecule has 0 spiro atoms. The van der Waals surface area contributed by atoms with Crippen LogP contribution in [-0.4, -0.2) is 48.3 Å². The van der Waals surface area contributed by atoms with Crippen LogP contribution in [0.15, 0.2) is 45.9 Å². The van der Waals surface area contributed by atoms with Crippen molar-refractivity contribution < 1.29 is 22.7 Å². The van der Waals surface area contributed by atoms with Crippen LogP contribution in [0.25, 0.3) is 0 Å². The lowest BCUT2D eigenvalue weighted by Gasteiger charge is -2.10. The van der Waals surface area contributed by atoms with Gasteiger partial charge in [-0.3, -0.25) is 14.2 Å². The van der Waals surface area contributed by atoms with Gasteiger partial charge < -0.3 is 14.8 Å². The van der Waals surface area contributed by atoms with Gasteiger partial charge in [0.25, 0.3) is 15.9 Å². The SMILES string of the molecule is COc1cc(NS(=O)(=O)c2ccc(NC(=O)c3c(Br)cnn3C)cc2)nc(OC)n1. The summed E-state index contributed by atoms with van der Waals surface area (Å²) >= 11 is 3.26. The number of nitrogens with one attached hydrogen (secondary N) is 2. The van der Waals surface area contributed by atoms with Gasteiger partial charge in [-0.25, -0.2) is 8.42 Å². The molecule has 1 aromatic carbocycles. The Balaban J connectivity index is 1.77. The Hall–Kier alpha value is -3.19. The third-order valence-corrected chi connectivity index (χ3v) is 5.80. The molecule has 11 nitrogen and oxygen atoms in total. The first-order chi connectivity index (χ1) is 14.2. The summed E-state index contributed by atoms with van der Waals surface area (Å²) in [4.78, 5) is 20.2. The standard InChI is InChI=1S/C17H17BrN6O5S/c1-24-15(12(18)9-19-24)16(25)20-10-4-6-11(7-5-10)30(26,27)23-13-8-14(28-2)22-17(21-13)29-3/h4-9H,1-3H3,(H,20,25)(H,21,22,23). The number of hydrogen-bond donors (Lipinski definition) is 2. The number of carbonyl (C=O) groups excluding carboxylic acids is 1. The molecular weight excluding hydrogens is 480 g/mol. The van der Waals surface area contributed by atoms with Crippen LogP contribution < -0.4 is 19.5 Å². The van der Waals surface area contributed by atoms with Gasteiger partial charge in [0, 0.05) is 18.8 Å². The number of sulfonamides is 1. The van der Waals surface area contributed by atoms with Gasteiger partial charge >= 0.3 is 6.01 Å². The van der Waals surface area contributed by atoms with Crippen LogP contribution in [0, 0.1) is 0 Å². The van der Waals surface area contributed by atoms with Gasteiger partial charge in [0.2, 0.25) is 5.88 Å². The molecule has 2 N–H and O–H groups in total. The van der Waals surface area contributed by atoms with E-state index in [1.165, 1.54) is 55.4 Å². The van der Waals surface area contributed by atoms with Crippen molar-refractivity contribution in [3.8, 4) is 11.9 Å². The molecule has 0 saturated carbocycles. The van der Waals surface area contributed by atoms with Crippen LogP contribution in [0.2, 0.25) is 0 Å². The molecule has 0 unspecified atom stereocenters. The Kier molecular flexibility index (Phi) is 6.22. The van der Waals surface area contributed by atoms with Crippen LogP contribution in [0.5, 0.6) is 11.9 Å². The minimum Gasteiger partial charge on any atom is -0.481 e. The number of benzene rings is 1. The lowest BCUT2D eigenvalue weighted by Crippen LogP contribution is -2.17. The van der Waals surface area contributed by atoms with Gasteiger partial charge in [-0.05, 0) is 40.2 Å². The highest BCUT2D eigenvalue weighted by molar-refractivity contribution is 9.10. The Bertz CT molecular complexity index is 1140. The number of aryl methyl sites for hydroxylation is 1. The molecule has 0 aliphatic carbocycles. The second-order valence-corrected chi connectivity index (χ2v) is 8.37. The summed E-state index contributed by atoms with van der Waals surface area (Å²) in [5.74, 6) is -0.271. The van der Waals surface area contributed by atoms with E-state index in [9.17, 15) is 13.2 Å². The largest absolute Gasteiger partial charge is 0.481 e. The van der Waals surface area contributed by atoms with Gasteiger partial charge in [0.05, 0.1) is 29.8 Å². The number of halogens is 1. The van der Waals surface area contributed by atoms with E-state index >= 15 is 0 Å². The van der Waals surface area contributed by atoms with Gasteiger partial charge in [-0.15, -0.1) is 0 Å². The highest BCUT2D eigenvalue weighted by Gasteiger charge is 2.18. The molecule has 0 saturated heterocycles. The smallest absolute Gasteiger partial charge is 0.321 e. The molecule has 2 heterocycles. The third-order valence-electron chi connectivity index (χ3n) is 3.84. The summed E-state index contributed by atoms with van der Waals surface area (Å²) in [6.07, 6.45) is 1.51.